The van der Waals surface area contributed by atoms with Crippen molar-refractivity contribution >= 4 is 92.1 Å². The third-order valence-corrected chi connectivity index (χ3v) is 9.83. The first-order chi connectivity index (χ1) is 23.1. The molecular weight excluding hydrogens is 576 g/mol. The van der Waals surface area contributed by atoms with Crippen molar-refractivity contribution in [3.8, 4) is 0 Å². The number of aliphatic hydroxyl groups is 1. The van der Waals surface area contributed by atoms with E-state index in [9.17, 15) is 9.90 Å². The van der Waals surface area contributed by atoms with Crippen LogP contribution < -0.4 is 0 Å². The SMILES string of the molecule is CC(=O)OCc1ccc2c3cccc4cccc(c5cccc1c52)c43.OCc1ccc2c3cccc4cccc(c5cccc1c52)c43. The van der Waals surface area contributed by atoms with E-state index < -0.39 is 0 Å². The van der Waals surface area contributed by atoms with Crippen LogP contribution in [0.4, 0.5) is 0 Å². The molecule has 0 atom stereocenters. The van der Waals surface area contributed by atoms with Crippen LogP contribution in [0, 0.1) is 0 Å². The van der Waals surface area contributed by atoms with Crippen molar-refractivity contribution in [2.45, 2.75) is 20.1 Å². The Labute approximate surface area is 270 Å². The highest BCUT2D eigenvalue weighted by Gasteiger charge is 2.15. The largest absolute Gasteiger partial charge is 0.461 e. The molecule has 0 spiro atoms. The summed E-state index contributed by atoms with van der Waals surface area (Å²) in [6, 6.07) is 47.2. The molecule has 47 heavy (non-hydrogen) atoms. The lowest BCUT2D eigenvalue weighted by molar-refractivity contribution is -0.142. The topological polar surface area (TPSA) is 46.5 Å². The van der Waals surface area contributed by atoms with Crippen LogP contribution in [0.5, 0.6) is 0 Å². The van der Waals surface area contributed by atoms with Crippen molar-refractivity contribution in [2.24, 2.45) is 0 Å². The monoisotopic (exact) mass is 606 g/mol. The molecule has 0 aliphatic carbocycles. The minimum atomic E-state index is -0.254. The Bertz CT molecular complexity index is 2710. The molecule has 0 saturated heterocycles. The molecule has 0 heterocycles. The van der Waals surface area contributed by atoms with Gasteiger partial charge in [0.15, 0.2) is 0 Å². The van der Waals surface area contributed by atoms with Crippen LogP contribution in [0.2, 0.25) is 0 Å². The molecule has 0 fully saturated rings. The third kappa shape index (κ3) is 4.14. The molecule has 0 aromatic heterocycles. The Kier molecular flexibility index (Phi) is 6.24. The molecule has 10 aromatic rings. The average Bonchev–Trinajstić information content (AvgIpc) is 3.12. The number of carbonyl (C=O) groups excluding carboxylic acids is 1. The van der Waals surface area contributed by atoms with Crippen LogP contribution in [-0.2, 0) is 22.7 Å². The average molecular weight is 607 g/mol. The van der Waals surface area contributed by atoms with Gasteiger partial charge in [0.2, 0.25) is 0 Å². The van der Waals surface area contributed by atoms with E-state index in [1.54, 1.807) is 0 Å². The predicted molar refractivity (Wildman–Crippen MR) is 197 cm³/mol. The summed E-state index contributed by atoms with van der Waals surface area (Å²) >= 11 is 0. The lowest BCUT2D eigenvalue weighted by atomic mass is 9.88. The smallest absolute Gasteiger partial charge is 0.302 e. The minimum Gasteiger partial charge on any atom is -0.461 e. The summed E-state index contributed by atoms with van der Waals surface area (Å²) in [4.78, 5) is 11.2. The van der Waals surface area contributed by atoms with Gasteiger partial charge in [-0.05, 0) is 97.3 Å². The predicted octanol–water partition coefficient (Wildman–Crippen LogP) is 11.0. The standard InChI is InChI=1S/C23H16O2.C21H14O/c1-14(24)25-13-16-11-12-21-19-9-3-6-15-5-2-8-18(22(15)19)20-10-4-7-17(16)23(20)21;22-12-14-10-11-19-17-8-2-5-13-4-1-7-16(20(13)17)18-9-3-6-15(14)21(18)19/h2-12H,13H2,1H3;1-11,22H,12H2. The summed E-state index contributed by atoms with van der Waals surface area (Å²) in [6.45, 7) is 1.83. The van der Waals surface area contributed by atoms with Crippen LogP contribution in [-0.4, -0.2) is 11.1 Å². The molecule has 0 aliphatic heterocycles. The molecule has 0 saturated carbocycles. The molecule has 3 nitrogen and oxygen atoms in total. The van der Waals surface area contributed by atoms with Crippen molar-refractivity contribution in [2.75, 3.05) is 0 Å². The maximum Gasteiger partial charge on any atom is 0.302 e. The fourth-order valence-corrected chi connectivity index (χ4v) is 7.85. The molecule has 0 aliphatic rings. The highest BCUT2D eigenvalue weighted by molar-refractivity contribution is 6.34. The number of fused-ring (bicyclic) bond motifs is 4. The Balaban J connectivity index is 0.000000130. The summed E-state index contributed by atoms with van der Waals surface area (Å²) in [5.74, 6) is -0.254. The van der Waals surface area contributed by atoms with Crippen LogP contribution in [0.1, 0.15) is 18.1 Å². The van der Waals surface area contributed by atoms with E-state index in [4.69, 9.17) is 4.74 Å². The van der Waals surface area contributed by atoms with Gasteiger partial charge < -0.3 is 9.84 Å². The van der Waals surface area contributed by atoms with Gasteiger partial charge in [-0.3, -0.25) is 4.79 Å². The molecule has 0 radical (unpaired) electrons. The molecule has 0 amide bonds. The number of rotatable bonds is 3. The second-order valence-electron chi connectivity index (χ2n) is 12.4. The van der Waals surface area contributed by atoms with Gasteiger partial charge in [0.25, 0.3) is 0 Å². The fraction of sp³-hybridized carbons (Fsp3) is 0.0682. The number of ether oxygens (including phenoxy) is 1. The quantitative estimate of drug-likeness (QED) is 0.124. The number of hydrogen-bond donors (Lipinski definition) is 1. The molecule has 0 unspecified atom stereocenters. The second kappa shape index (κ2) is 10.7. The summed E-state index contributed by atoms with van der Waals surface area (Å²) in [7, 11) is 0. The maximum absolute atomic E-state index is 11.2. The zero-order valence-electron chi connectivity index (χ0n) is 25.9. The van der Waals surface area contributed by atoms with Gasteiger partial charge in [-0.2, -0.15) is 0 Å². The summed E-state index contributed by atoms with van der Waals surface area (Å²) < 4.78 is 5.26. The minimum absolute atomic E-state index is 0.0755. The van der Waals surface area contributed by atoms with E-state index in [2.05, 4.69) is 127 Å². The number of carbonyl (C=O) groups is 1. The number of hydrogen-bond acceptors (Lipinski definition) is 3. The van der Waals surface area contributed by atoms with E-state index in [0.717, 1.165) is 21.9 Å². The zero-order chi connectivity index (χ0) is 31.6. The first kappa shape index (κ1) is 27.5. The van der Waals surface area contributed by atoms with Crippen molar-refractivity contribution in [3.05, 3.63) is 145 Å². The lowest BCUT2D eigenvalue weighted by Crippen LogP contribution is -1.99. The van der Waals surface area contributed by atoms with Crippen LogP contribution in [0.25, 0.3) is 86.2 Å². The van der Waals surface area contributed by atoms with E-state index in [1.807, 2.05) is 6.07 Å². The first-order valence-corrected chi connectivity index (χ1v) is 16.0. The van der Waals surface area contributed by atoms with E-state index in [1.165, 1.54) is 82.3 Å². The Morgan fingerprint density at radius 2 is 0.787 bits per heavy atom. The zero-order valence-corrected chi connectivity index (χ0v) is 25.9. The van der Waals surface area contributed by atoms with Gasteiger partial charge >= 0.3 is 5.97 Å². The van der Waals surface area contributed by atoms with Crippen molar-refractivity contribution in [1.29, 1.82) is 0 Å². The maximum atomic E-state index is 11.2. The molecule has 224 valence electrons. The highest BCUT2D eigenvalue weighted by Crippen LogP contribution is 2.42. The van der Waals surface area contributed by atoms with Crippen LogP contribution in [0.3, 0.4) is 0 Å². The van der Waals surface area contributed by atoms with Gasteiger partial charge in [0, 0.05) is 6.92 Å². The molecule has 1 N–H and O–H groups in total. The van der Waals surface area contributed by atoms with Crippen molar-refractivity contribution in [1.82, 2.24) is 0 Å². The Morgan fingerprint density at radius 1 is 0.447 bits per heavy atom. The Hall–Kier alpha value is -5.77. The van der Waals surface area contributed by atoms with Gasteiger partial charge in [-0.25, -0.2) is 0 Å². The molecule has 10 rings (SSSR count). The number of esters is 1. The van der Waals surface area contributed by atoms with Gasteiger partial charge in [0.05, 0.1) is 6.61 Å². The Morgan fingerprint density at radius 3 is 1.21 bits per heavy atom. The van der Waals surface area contributed by atoms with Crippen molar-refractivity contribution in [3.63, 3.8) is 0 Å². The number of aliphatic hydroxyl groups excluding tert-OH is 1. The van der Waals surface area contributed by atoms with Gasteiger partial charge in [-0.15, -0.1) is 0 Å². The molecule has 10 aromatic carbocycles. The second-order valence-corrected chi connectivity index (χ2v) is 12.4. The van der Waals surface area contributed by atoms with E-state index >= 15 is 0 Å². The first-order valence-electron chi connectivity index (χ1n) is 16.0. The molecule has 3 heteroatoms. The van der Waals surface area contributed by atoms with Crippen LogP contribution >= 0.6 is 0 Å². The highest BCUT2D eigenvalue weighted by atomic mass is 16.5. The van der Waals surface area contributed by atoms with Gasteiger partial charge in [-0.1, -0.05) is 133 Å². The molecule has 0 bridgehead atoms. The summed E-state index contributed by atoms with van der Waals surface area (Å²) in [6.07, 6.45) is 0. The number of benzene rings is 10. The van der Waals surface area contributed by atoms with Crippen molar-refractivity contribution < 1.29 is 14.6 Å². The van der Waals surface area contributed by atoms with Gasteiger partial charge in [0.1, 0.15) is 6.61 Å². The third-order valence-electron chi connectivity index (χ3n) is 9.83. The summed E-state index contributed by atoms with van der Waals surface area (Å²) in [5, 5.41) is 29.9. The fourth-order valence-electron chi connectivity index (χ4n) is 7.85. The normalized spacial score (nSPS) is 11.9. The summed E-state index contributed by atoms with van der Waals surface area (Å²) in [5.41, 5.74) is 2.04. The lowest BCUT2D eigenvalue weighted by Gasteiger charge is -2.16. The van der Waals surface area contributed by atoms with E-state index in [0.29, 0.717) is 6.61 Å². The van der Waals surface area contributed by atoms with Crippen LogP contribution in [0.15, 0.2) is 133 Å². The van der Waals surface area contributed by atoms with E-state index in [-0.39, 0.29) is 12.6 Å². The molecular formula is C44H30O3.